The quantitative estimate of drug-likeness (QED) is 0.696. The van der Waals surface area contributed by atoms with Crippen LogP contribution < -0.4 is 5.32 Å². The molecule has 0 bridgehead atoms. The van der Waals surface area contributed by atoms with E-state index in [2.05, 4.69) is 5.32 Å². The van der Waals surface area contributed by atoms with Gasteiger partial charge in [0.2, 0.25) is 5.91 Å². The van der Waals surface area contributed by atoms with E-state index in [0.29, 0.717) is 12.4 Å². The molecule has 1 aliphatic heterocycles. The van der Waals surface area contributed by atoms with E-state index >= 15 is 0 Å². The van der Waals surface area contributed by atoms with Gasteiger partial charge in [-0.1, -0.05) is 0 Å². The molecule has 0 aromatic heterocycles. The standard InChI is InChI=1S/C10H19NO3S/c1-11-9(12)8-15-7-6-14-10-4-2-3-5-13-10/h10H,2-8H2,1H3,(H,11,12)/t10-/m0/s1. The molecule has 0 saturated carbocycles. The lowest BCUT2D eigenvalue weighted by Crippen LogP contribution is -2.24. The summed E-state index contributed by atoms with van der Waals surface area (Å²) in [5.74, 6) is 1.41. The maximum Gasteiger partial charge on any atom is 0.229 e. The molecular weight excluding hydrogens is 214 g/mol. The van der Waals surface area contributed by atoms with Gasteiger partial charge in [-0.3, -0.25) is 4.79 Å². The van der Waals surface area contributed by atoms with Crippen LogP contribution in [0.1, 0.15) is 19.3 Å². The van der Waals surface area contributed by atoms with Crippen molar-refractivity contribution in [2.24, 2.45) is 0 Å². The molecule has 1 heterocycles. The lowest BCUT2D eigenvalue weighted by Gasteiger charge is -2.22. The fraction of sp³-hybridized carbons (Fsp3) is 0.900. The van der Waals surface area contributed by atoms with Crippen LogP contribution in [0.2, 0.25) is 0 Å². The lowest BCUT2D eigenvalue weighted by molar-refractivity contribution is -0.158. The Bertz CT molecular complexity index is 184. The fourth-order valence-electron chi connectivity index (χ4n) is 1.32. The zero-order valence-electron chi connectivity index (χ0n) is 9.16. The average molecular weight is 233 g/mol. The van der Waals surface area contributed by atoms with Crippen LogP contribution in [0.4, 0.5) is 0 Å². The van der Waals surface area contributed by atoms with Gasteiger partial charge in [-0.05, 0) is 19.3 Å². The van der Waals surface area contributed by atoms with E-state index < -0.39 is 0 Å². The minimum atomic E-state index is -0.0145. The number of thioether (sulfide) groups is 1. The molecule has 0 radical (unpaired) electrons. The number of hydrogen-bond acceptors (Lipinski definition) is 4. The van der Waals surface area contributed by atoms with E-state index in [9.17, 15) is 4.79 Å². The first kappa shape index (κ1) is 12.8. The zero-order chi connectivity index (χ0) is 10.9. The summed E-state index contributed by atoms with van der Waals surface area (Å²) >= 11 is 1.58. The number of rotatable bonds is 6. The maximum absolute atomic E-state index is 10.9. The van der Waals surface area contributed by atoms with Gasteiger partial charge in [0.1, 0.15) is 0 Å². The number of hydrogen-bond donors (Lipinski definition) is 1. The Hall–Kier alpha value is -0.260. The van der Waals surface area contributed by atoms with Gasteiger partial charge in [0.25, 0.3) is 0 Å². The summed E-state index contributed by atoms with van der Waals surface area (Å²) < 4.78 is 10.9. The molecule has 88 valence electrons. The highest BCUT2D eigenvalue weighted by atomic mass is 32.2. The number of nitrogens with one attached hydrogen (secondary N) is 1. The highest BCUT2D eigenvalue weighted by Gasteiger charge is 2.13. The first-order valence-corrected chi connectivity index (χ1v) is 6.50. The normalized spacial score (nSPS) is 21.3. The Balaban J connectivity index is 1.89. The molecular formula is C10H19NO3S. The summed E-state index contributed by atoms with van der Waals surface area (Å²) in [6.07, 6.45) is 3.32. The molecule has 5 heteroatoms. The van der Waals surface area contributed by atoms with E-state index in [1.807, 2.05) is 0 Å². The third-order valence-corrected chi connectivity index (χ3v) is 3.10. The topological polar surface area (TPSA) is 47.6 Å². The monoisotopic (exact) mass is 233 g/mol. The van der Waals surface area contributed by atoms with Crippen molar-refractivity contribution in [2.75, 3.05) is 31.8 Å². The molecule has 15 heavy (non-hydrogen) atoms. The lowest BCUT2D eigenvalue weighted by atomic mass is 10.2. The van der Waals surface area contributed by atoms with Crippen LogP contribution >= 0.6 is 11.8 Å². The smallest absolute Gasteiger partial charge is 0.229 e. The van der Waals surface area contributed by atoms with Gasteiger partial charge < -0.3 is 14.8 Å². The second-order valence-corrected chi connectivity index (χ2v) is 4.50. The van der Waals surface area contributed by atoms with E-state index in [4.69, 9.17) is 9.47 Å². The number of carbonyl (C=O) groups excluding carboxylic acids is 1. The van der Waals surface area contributed by atoms with Crippen LogP contribution in [0.15, 0.2) is 0 Å². The molecule has 1 N–H and O–H groups in total. The van der Waals surface area contributed by atoms with Crippen LogP contribution in [-0.2, 0) is 14.3 Å². The molecule has 1 rings (SSSR count). The molecule has 1 aliphatic rings. The number of ether oxygens (including phenoxy) is 2. The van der Waals surface area contributed by atoms with E-state index in [-0.39, 0.29) is 12.2 Å². The first-order chi connectivity index (χ1) is 7.33. The Kier molecular flexibility index (Phi) is 6.80. The molecule has 1 saturated heterocycles. The average Bonchev–Trinajstić information content (AvgIpc) is 2.29. The van der Waals surface area contributed by atoms with E-state index in [0.717, 1.165) is 25.2 Å². The van der Waals surface area contributed by atoms with Gasteiger partial charge in [-0.15, -0.1) is 11.8 Å². The van der Waals surface area contributed by atoms with Gasteiger partial charge in [0.05, 0.1) is 12.4 Å². The summed E-state index contributed by atoms with van der Waals surface area (Å²) in [5.41, 5.74) is 0. The zero-order valence-corrected chi connectivity index (χ0v) is 9.98. The molecule has 0 aromatic rings. The number of amides is 1. The van der Waals surface area contributed by atoms with Gasteiger partial charge in [0.15, 0.2) is 6.29 Å². The molecule has 1 fully saturated rings. The van der Waals surface area contributed by atoms with Crippen LogP contribution in [0.25, 0.3) is 0 Å². The van der Waals surface area contributed by atoms with E-state index in [1.54, 1.807) is 18.8 Å². The molecule has 1 amide bonds. The molecule has 1 atom stereocenters. The van der Waals surface area contributed by atoms with Crippen molar-refractivity contribution in [2.45, 2.75) is 25.6 Å². The van der Waals surface area contributed by atoms with Crippen molar-refractivity contribution in [3.05, 3.63) is 0 Å². The minimum absolute atomic E-state index is 0.0145. The van der Waals surface area contributed by atoms with Gasteiger partial charge in [0, 0.05) is 19.4 Å². The van der Waals surface area contributed by atoms with Crippen molar-refractivity contribution < 1.29 is 14.3 Å². The highest BCUT2D eigenvalue weighted by molar-refractivity contribution is 7.99. The summed E-state index contributed by atoms with van der Waals surface area (Å²) in [6, 6.07) is 0. The Labute approximate surface area is 95.1 Å². The van der Waals surface area contributed by atoms with Crippen LogP contribution in [-0.4, -0.2) is 44.0 Å². The van der Waals surface area contributed by atoms with Crippen molar-refractivity contribution in [3.63, 3.8) is 0 Å². The van der Waals surface area contributed by atoms with Crippen molar-refractivity contribution in [3.8, 4) is 0 Å². The molecule has 0 aromatic carbocycles. The summed E-state index contributed by atoms with van der Waals surface area (Å²) in [5, 5.41) is 2.58. The van der Waals surface area contributed by atoms with Crippen LogP contribution in [0.3, 0.4) is 0 Å². The predicted octanol–water partition coefficient (Wildman–Crippen LogP) is 1.01. The Morgan fingerprint density at radius 2 is 2.47 bits per heavy atom. The molecule has 0 spiro atoms. The predicted molar refractivity (Wildman–Crippen MR) is 60.9 cm³/mol. The number of carbonyl (C=O) groups is 1. The Morgan fingerprint density at radius 1 is 1.60 bits per heavy atom. The molecule has 0 unspecified atom stereocenters. The first-order valence-electron chi connectivity index (χ1n) is 5.34. The second-order valence-electron chi connectivity index (χ2n) is 3.39. The summed E-state index contributed by atoms with van der Waals surface area (Å²) in [4.78, 5) is 10.9. The SMILES string of the molecule is CNC(=O)CSCCO[C@H]1CCCCO1. The van der Waals surface area contributed by atoms with Gasteiger partial charge in [-0.2, -0.15) is 0 Å². The van der Waals surface area contributed by atoms with Gasteiger partial charge >= 0.3 is 0 Å². The Morgan fingerprint density at radius 3 is 3.13 bits per heavy atom. The second kappa shape index (κ2) is 7.96. The minimum Gasteiger partial charge on any atom is -0.358 e. The molecule has 4 nitrogen and oxygen atoms in total. The summed E-state index contributed by atoms with van der Waals surface area (Å²) in [7, 11) is 1.65. The largest absolute Gasteiger partial charge is 0.358 e. The maximum atomic E-state index is 10.9. The van der Waals surface area contributed by atoms with Crippen molar-refractivity contribution in [1.29, 1.82) is 0 Å². The highest BCUT2D eigenvalue weighted by Crippen LogP contribution is 2.13. The third kappa shape index (κ3) is 6.02. The van der Waals surface area contributed by atoms with Crippen LogP contribution in [0, 0.1) is 0 Å². The van der Waals surface area contributed by atoms with Crippen LogP contribution in [0.5, 0.6) is 0 Å². The van der Waals surface area contributed by atoms with Crippen molar-refractivity contribution in [1.82, 2.24) is 5.32 Å². The van der Waals surface area contributed by atoms with Crippen molar-refractivity contribution >= 4 is 17.7 Å². The summed E-state index contributed by atoms with van der Waals surface area (Å²) in [6.45, 7) is 1.47. The van der Waals surface area contributed by atoms with Gasteiger partial charge in [-0.25, -0.2) is 0 Å². The molecule has 0 aliphatic carbocycles. The van der Waals surface area contributed by atoms with E-state index in [1.165, 1.54) is 6.42 Å². The fourth-order valence-corrected chi connectivity index (χ4v) is 2.01. The third-order valence-electron chi connectivity index (χ3n) is 2.18.